The summed E-state index contributed by atoms with van der Waals surface area (Å²) in [5, 5.41) is 1.94. The third kappa shape index (κ3) is 2.69. The molecule has 0 aliphatic rings. The zero-order valence-corrected chi connectivity index (χ0v) is 12.4. The van der Waals surface area contributed by atoms with Crippen molar-refractivity contribution in [2.24, 2.45) is 0 Å². The molecule has 0 unspecified atom stereocenters. The van der Waals surface area contributed by atoms with Crippen LogP contribution >= 0.6 is 27.3 Å². The average Bonchev–Trinajstić information content (AvgIpc) is 2.64. The highest BCUT2D eigenvalue weighted by atomic mass is 79.9. The van der Waals surface area contributed by atoms with Crippen molar-refractivity contribution < 1.29 is 0 Å². The van der Waals surface area contributed by atoms with Gasteiger partial charge in [0.15, 0.2) is 0 Å². The number of nitrogens with two attached hydrogens (primary N) is 1. The summed E-state index contributed by atoms with van der Waals surface area (Å²) in [6.07, 6.45) is 2.11. The normalized spacial score (nSPS) is 10.8. The SMILES string of the molecule is CCCc1nc(-c2ccc(Br)c(C)c2)c(N)s1. The summed E-state index contributed by atoms with van der Waals surface area (Å²) in [6.45, 7) is 4.23. The number of hydrogen-bond acceptors (Lipinski definition) is 3. The molecule has 0 amide bonds. The molecular formula is C13H15BrN2S. The lowest BCUT2D eigenvalue weighted by Crippen LogP contribution is -1.87. The van der Waals surface area contributed by atoms with E-state index in [1.807, 2.05) is 6.07 Å². The lowest BCUT2D eigenvalue weighted by molar-refractivity contribution is 0.910. The van der Waals surface area contributed by atoms with Crippen molar-refractivity contribution in [3.05, 3.63) is 33.2 Å². The van der Waals surface area contributed by atoms with Gasteiger partial charge in [-0.1, -0.05) is 28.9 Å². The minimum atomic E-state index is 0.815. The summed E-state index contributed by atoms with van der Waals surface area (Å²) in [5.74, 6) is 0. The van der Waals surface area contributed by atoms with Gasteiger partial charge in [0.1, 0.15) is 10.7 Å². The number of hydrogen-bond donors (Lipinski definition) is 1. The van der Waals surface area contributed by atoms with E-state index >= 15 is 0 Å². The first-order valence-corrected chi connectivity index (χ1v) is 7.24. The number of nitrogens with zero attached hydrogens (tertiary/aromatic N) is 1. The summed E-state index contributed by atoms with van der Waals surface area (Å²) in [5.41, 5.74) is 9.26. The van der Waals surface area contributed by atoms with Crippen LogP contribution in [0.4, 0.5) is 5.00 Å². The second kappa shape index (κ2) is 5.19. The number of halogens is 1. The molecule has 4 heteroatoms. The first-order valence-electron chi connectivity index (χ1n) is 5.63. The van der Waals surface area contributed by atoms with E-state index in [1.54, 1.807) is 11.3 Å². The van der Waals surface area contributed by atoms with Crippen molar-refractivity contribution in [1.82, 2.24) is 4.98 Å². The Balaban J connectivity index is 2.41. The lowest BCUT2D eigenvalue weighted by Gasteiger charge is -2.02. The zero-order valence-electron chi connectivity index (χ0n) is 9.96. The predicted octanol–water partition coefficient (Wildman–Crippen LogP) is 4.42. The fourth-order valence-corrected chi connectivity index (χ4v) is 2.90. The molecule has 0 aliphatic heterocycles. The summed E-state index contributed by atoms with van der Waals surface area (Å²) in [4.78, 5) is 4.62. The number of rotatable bonds is 3. The smallest absolute Gasteiger partial charge is 0.114 e. The Morgan fingerprint density at radius 1 is 1.41 bits per heavy atom. The molecule has 0 fully saturated rings. The maximum atomic E-state index is 6.04. The topological polar surface area (TPSA) is 38.9 Å². The summed E-state index contributed by atoms with van der Waals surface area (Å²) >= 11 is 5.10. The fourth-order valence-electron chi connectivity index (χ4n) is 1.70. The van der Waals surface area contributed by atoms with E-state index in [9.17, 15) is 0 Å². The minimum absolute atomic E-state index is 0.815. The Hall–Kier alpha value is -0.870. The Morgan fingerprint density at radius 2 is 2.18 bits per heavy atom. The number of benzene rings is 1. The quantitative estimate of drug-likeness (QED) is 0.911. The van der Waals surface area contributed by atoms with Gasteiger partial charge in [0.25, 0.3) is 0 Å². The van der Waals surface area contributed by atoms with Crippen LogP contribution in [-0.2, 0) is 6.42 Å². The zero-order chi connectivity index (χ0) is 12.4. The van der Waals surface area contributed by atoms with Crippen molar-refractivity contribution in [2.75, 3.05) is 5.73 Å². The van der Waals surface area contributed by atoms with Gasteiger partial charge in [0.05, 0.1) is 5.01 Å². The predicted molar refractivity (Wildman–Crippen MR) is 78.4 cm³/mol. The van der Waals surface area contributed by atoms with Crippen LogP contribution < -0.4 is 5.73 Å². The van der Waals surface area contributed by atoms with E-state index in [2.05, 4.69) is 46.9 Å². The Labute approximate surface area is 114 Å². The van der Waals surface area contributed by atoms with Crippen LogP contribution in [0.15, 0.2) is 22.7 Å². The van der Waals surface area contributed by atoms with Gasteiger partial charge in [-0.15, -0.1) is 11.3 Å². The standard InChI is InChI=1S/C13H15BrN2S/c1-3-4-11-16-12(13(15)17-11)9-5-6-10(14)8(2)7-9/h5-7H,3-4,15H2,1-2H3. The average molecular weight is 311 g/mol. The van der Waals surface area contributed by atoms with Crippen LogP contribution in [0.5, 0.6) is 0 Å². The molecule has 17 heavy (non-hydrogen) atoms. The van der Waals surface area contributed by atoms with Crippen LogP contribution in [0.3, 0.4) is 0 Å². The second-order valence-electron chi connectivity index (χ2n) is 4.03. The van der Waals surface area contributed by atoms with Gasteiger partial charge in [-0.3, -0.25) is 0 Å². The summed E-state index contributed by atoms with van der Waals surface area (Å²) in [7, 11) is 0. The second-order valence-corrected chi connectivity index (χ2v) is 6.00. The third-order valence-electron chi connectivity index (χ3n) is 2.59. The van der Waals surface area contributed by atoms with Gasteiger partial charge in [0, 0.05) is 10.0 Å². The third-order valence-corrected chi connectivity index (χ3v) is 4.43. The van der Waals surface area contributed by atoms with Crippen LogP contribution in [0, 0.1) is 6.92 Å². The molecule has 0 radical (unpaired) electrons. The molecule has 1 aromatic carbocycles. The summed E-state index contributed by atoms with van der Waals surface area (Å²) in [6, 6.07) is 6.21. The number of nitrogen functional groups attached to an aromatic ring is 1. The molecule has 0 saturated carbocycles. The van der Waals surface area contributed by atoms with Crippen molar-refractivity contribution in [3.63, 3.8) is 0 Å². The van der Waals surface area contributed by atoms with E-state index in [1.165, 1.54) is 5.56 Å². The molecule has 2 aromatic rings. The number of anilines is 1. The van der Waals surface area contributed by atoms with E-state index < -0.39 is 0 Å². The van der Waals surface area contributed by atoms with E-state index in [0.29, 0.717) is 0 Å². The maximum absolute atomic E-state index is 6.04. The maximum Gasteiger partial charge on any atom is 0.114 e. The molecule has 2 nitrogen and oxygen atoms in total. The monoisotopic (exact) mass is 310 g/mol. The Morgan fingerprint density at radius 3 is 2.82 bits per heavy atom. The fraction of sp³-hybridized carbons (Fsp3) is 0.308. The van der Waals surface area contributed by atoms with Crippen LogP contribution in [-0.4, -0.2) is 4.98 Å². The van der Waals surface area contributed by atoms with Crippen molar-refractivity contribution >= 4 is 32.3 Å². The molecule has 0 bridgehead atoms. The van der Waals surface area contributed by atoms with Gasteiger partial charge in [-0.2, -0.15) is 0 Å². The molecule has 1 heterocycles. The first-order chi connectivity index (χ1) is 8.11. The lowest BCUT2D eigenvalue weighted by atomic mass is 10.1. The Bertz CT molecular complexity index is 534. The molecule has 90 valence electrons. The first kappa shape index (κ1) is 12.6. The largest absolute Gasteiger partial charge is 0.389 e. The van der Waals surface area contributed by atoms with Gasteiger partial charge in [0.2, 0.25) is 0 Å². The number of thiazole rings is 1. The van der Waals surface area contributed by atoms with E-state index in [0.717, 1.165) is 38.6 Å². The molecule has 0 atom stereocenters. The van der Waals surface area contributed by atoms with Crippen molar-refractivity contribution in [3.8, 4) is 11.3 Å². The highest BCUT2D eigenvalue weighted by Crippen LogP contribution is 2.32. The molecular weight excluding hydrogens is 296 g/mol. The van der Waals surface area contributed by atoms with Crippen LogP contribution in [0.25, 0.3) is 11.3 Å². The van der Waals surface area contributed by atoms with Crippen LogP contribution in [0.2, 0.25) is 0 Å². The Kier molecular flexibility index (Phi) is 3.84. The minimum Gasteiger partial charge on any atom is -0.389 e. The van der Waals surface area contributed by atoms with Crippen LogP contribution in [0.1, 0.15) is 23.9 Å². The van der Waals surface area contributed by atoms with Gasteiger partial charge in [-0.05, 0) is 37.5 Å². The number of aryl methyl sites for hydroxylation is 2. The molecule has 0 aliphatic carbocycles. The van der Waals surface area contributed by atoms with E-state index in [4.69, 9.17) is 5.73 Å². The molecule has 0 spiro atoms. The highest BCUT2D eigenvalue weighted by Gasteiger charge is 2.10. The van der Waals surface area contributed by atoms with Crippen molar-refractivity contribution in [1.29, 1.82) is 0 Å². The number of aromatic nitrogens is 1. The van der Waals surface area contributed by atoms with E-state index in [-0.39, 0.29) is 0 Å². The van der Waals surface area contributed by atoms with Gasteiger partial charge in [-0.25, -0.2) is 4.98 Å². The molecule has 0 saturated heterocycles. The van der Waals surface area contributed by atoms with Crippen molar-refractivity contribution in [2.45, 2.75) is 26.7 Å². The molecule has 2 rings (SSSR count). The highest BCUT2D eigenvalue weighted by molar-refractivity contribution is 9.10. The van der Waals surface area contributed by atoms with Gasteiger partial charge < -0.3 is 5.73 Å². The molecule has 1 aromatic heterocycles. The van der Waals surface area contributed by atoms with Gasteiger partial charge >= 0.3 is 0 Å². The summed E-state index contributed by atoms with van der Waals surface area (Å²) < 4.78 is 1.11. The molecule has 2 N–H and O–H groups in total.